The first-order chi connectivity index (χ1) is 19.4. The van der Waals surface area contributed by atoms with Crippen molar-refractivity contribution in [2.45, 2.75) is 38.1 Å². The number of nitrogens with two attached hydrogens (primary N) is 2. The molecule has 0 unspecified atom stereocenters. The molecule has 2 heterocycles. The fourth-order valence-electron chi connectivity index (χ4n) is 5.32. The number of hydrogen-bond acceptors (Lipinski definition) is 7. The first-order valence-corrected chi connectivity index (χ1v) is 13.7. The van der Waals surface area contributed by atoms with Crippen molar-refractivity contribution in [2.75, 3.05) is 11.4 Å². The Kier molecular flexibility index (Phi) is 8.47. The van der Waals surface area contributed by atoms with Crippen LogP contribution in [0.15, 0.2) is 66.9 Å². The van der Waals surface area contributed by atoms with Gasteiger partial charge >= 0.3 is 0 Å². The molecule has 0 spiro atoms. The lowest BCUT2D eigenvalue weighted by Crippen LogP contribution is -2.52. The molecule has 11 heteroatoms. The van der Waals surface area contributed by atoms with E-state index in [0.29, 0.717) is 29.1 Å². The van der Waals surface area contributed by atoms with E-state index >= 15 is 0 Å². The lowest BCUT2D eigenvalue weighted by atomic mass is 9.81. The first kappa shape index (κ1) is 27.4. The summed E-state index contributed by atoms with van der Waals surface area (Å²) in [4.78, 5) is 32.7. The minimum Gasteiger partial charge on any atom is -0.368 e. The highest BCUT2D eigenvalue weighted by molar-refractivity contribution is 6.32. The van der Waals surface area contributed by atoms with Gasteiger partial charge in [0.15, 0.2) is 0 Å². The van der Waals surface area contributed by atoms with Gasteiger partial charge in [-0.1, -0.05) is 35.9 Å². The smallest absolute Gasteiger partial charge is 0.240 e. The van der Waals surface area contributed by atoms with Crippen LogP contribution in [-0.2, 0) is 16.0 Å². The van der Waals surface area contributed by atoms with Gasteiger partial charge in [-0.15, -0.1) is 10.2 Å². The van der Waals surface area contributed by atoms with E-state index in [0.717, 1.165) is 47.9 Å². The van der Waals surface area contributed by atoms with E-state index < -0.39 is 11.9 Å². The first-order valence-electron chi connectivity index (χ1n) is 13.3. The van der Waals surface area contributed by atoms with Crippen molar-refractivity contribution in [2.24, 2.45) is 23.3 Å². The third-order valence-corrected chi connectivity index (χ3v) is 7.91. The summed E-state index contributed by atoms with van der Waals surface area (Å²) in [6.45, 7) is 0.617. The number of pyridine rings is 1. The standard InChI is InChI=1S/C29H31ClN8O2/c30-26-24(2-1-15-33-26)20-7-3-18(4-8-20)16-25(27(32)39)38(29(40)22-9-5-19(17-31)6-10-22)23-13-11-21(12-14-23)28-34-36-37-35-28/h1-4,7-8,11-15,19,22,25H,5-6,9-10,16-17,31H2,(H2,32,39)(H,34,35,36,37)/t19?,22?,25-/m0/s1. The monoisotopic (exact) mass is 558 g/mol. The molecule has 1 aliphatic carbocycles. The number of benzene rings is 2. The van der Waals surface area contributed by atoms with Gasteiger partial charge in [0.1, 0.15) is 11.2 Å². The fourth-order valence-corrected chi connectivity index (χ4v) is 5.55. The summed E-state index contributed by atoms with van der Waals surface area (Å²) >= 11 is 6.27. The van der Waals surface area contributed by atoms with Crippen LogP contribution in [0.1, 0.15) is 31.2 Å². The lowest BCUT2D eigenvalue weighted by Gasteiger charge is -2.35. The molecule has 4 aromatic rings. The van der Waals surface area contributed by atoms with Gasteiger partial charge in [0.2, 0.25) is 17.6 Å². The van der Waals surface area contributed by atoms with Crippen molar-refractivity contribution >= 4 is 29.1 Å². The molecule has 0 bridgehead atoms. The number of carbonyl (C=O) groups excluding carboxylic acids is 2. The lowest BCUT2D eigenvalue weighted by molar-refractivity contribution is -0.127. The normalized spacial score (nSPS) is 17.8. The van der Waals surface area contributed by atoms with Crippen molar-refractivity contribution in [3.05, 3.63) is 77.6 Å². The fraction of sp³-hybridized carbons (Fsp3) is 0.310. The molecule has 1 saturated carbocycles. The van der Waals surface area contributed by atoms with E-state index in [9.17, 15) is 9.59 Å². The molecule has 2 aromatic carbocycles. The van der Waals surface area contributed by atoms with Crippen molar-refractivity contribution < 1.29 is 9.59 Å². The van der Waals surface area contributed by atoms with Gasteiger partial charge in [-0.25, -0.2) is 4.98 Å². The van der Waals surface area contributed by atoms with Gasteiger partial charge in [0.25, 0.3) is 0 Å². The van der Waals surface area contributed by atoms with Crippen LogP contribution >= 0.6 is 11.6 Å². The molecule has 5 rings (SSSR count). The van der Waals surface area contributed by atoms with Gasteiger partial charge in [-0.2, -0.15) is 5.21 Å². The highest BCUT2D eigenvalue weighted by Crippen LogP contribution is 2.33. The van der Waals surface area contributed by atoms with E-state index in [1.165, 1.54) is 0 Å². The Morgan fingerprint density at radius 3 is 2.30 bits per heavy atom. The summed E-state index contributed by atoms with van der Waals surface area (Å²) in [6, 6.07) is 17.7. The second-order valence-corrected chi connectivity index (χ2v) is 10.5. The summed E-state index contributed by atoms with van der Waals surface area (Å²) < 4.78 is 0. The van der Waals surface area contributed by atoms with Crippen LogP contribution in [0.3, 0.4) is 0 Å². The Balaban J connectivity index is 1.44. The molecule has 0 aliphatic heterocycles. The van der Waals surface area contributed by atoms with Crippen molar-refractivity contribution in [1.29, 1.82) is 0 Å². The molecule has 40 heavy (non-hydrogen) atoms. The minimum atomic E-state index is -0.886. The van der Waals surface area contributed by atoms with Gasteiger partial charge in [0.05, 0.1) is 0 Å². The predicted molar refractivity (Wildman–Crippen MR) is 153 cm³/mol. The van der Waals surface area contributed by atoms with Crippen molar-refractivity contribution in [1.82, 2.24) is 25.6 Å². The number of rotatable bonds is 9. The van der Waals surface area contributed by atoms with Crippen LogP contribution in [0.4, 0.5) is 5.69 Å². The molecule has 1 aliphatic rings. The molecule has 10 nitrogen and oxygen atoms in total. The van der Waals surface area contributed by atoms with Crippen molar-refractivity contribution in [3.8, 4) is 22.5 Å². The van der Waals surface area contributed by atoms with Gasteiger partial charge in [-0.3, -0.25) is 14.5 Å². The predicted octanol–water partition coefficient (Wildman–Crippen LogP) is 3.78. The summed E-state index contributed by atoms with van der Waals surface area (Å²) in [5, 5.41) is 14.5. The zero-order chi connectivity index (χ0) is 28.1. The largest absolute Gasteiger partial charge is 0.368 e. The highest BCUT2D eigenvalue weighted by atomic mass is 35.5. The van der Waals surface area contributed by atoms with E-state index in [2.05, 4.69) is 25.6 Å². The van der Waals surface area contributed by atoms with E-state index in [4.69, 9.17) is 23.1 Å². The number of tetrazole rings is 1. The zero-order valence-electron chi connectivity index (χ0n) is 21.9. The molecule has 2 amide bonds. The summed E-state index contributed by atoms with van der Waals surface area (Å²) in [5.41, 5.74) is 15.7. The molecule has 1 fully saturated rings. The SMILES string of the molecule is NCC1CCC(C(=O)N(c2ccc(-c3nn[nH]n3)cc2)[C@@H](Cc2ccc(-c3cccnc3Cl)cc2)C(N)=O)CC1. The average Bonchev–Trinajstić information content (AvgIpc) is 3.53. The maximum atomic E-state index is 14.0. The Labute approximate surface area is 237 Å². The van der Waals surface area contributed by atoms with Crippen LogP contribution in [0.5, 0.6) is 0 Å². The maximum Gasteiger partial charge on any atom is 0.240 e. The maximum absolute atomic E-state index is 14.0. The number of nitrogens with one attached hydrogen (secondary N) is 1. The third kappa shape index (κ3) is 6.03. The number of H-pyrrole nitrogens is 1. The van der Waals surface area contributed by atoms with Gasteiger partial charge in [0, 0.05) is 35.3 Å². The number of hydrogen-bond donors (Lipinski definition) is 3. The summed E-state index contributed by atoms with van der Waals surface area (Å²) in [7, 11) is 0. The Bertz CT molecular complexity index is 1440. The van der Waals surface area contributed by atoms with E-state index in [1.54, 1.807) is 35.4 Å². The Hall–Kier alpha value is -4.15. The second-order valence-electron chi connectivity index (χ2n) is 10.1. The van der Waals surface area contributed by atoms with Crippen LogP contribution in [0.2, 0.25) is 5.15 Å². The molecule has 1 atom stereocenters. The van der Waals surface area contributed by atoms with Gasteiger partial charge < -0.3 is 11.5 Å². The highest BCUT2D eigenvalue weighted by Gasteiger charge is 2.36. The number of amides is 2. The van der Waals surface area contributed by atoms with E-state index in [-0.39, 0.29) is 18.2 Å². The average molecular weight is 559 g/mol. The topological polar surface area (TPSA) is 157 Å². The number of anilines is 1. The van der Waals surface area contributed by atoms with E-state index in [1.807, 2.05) is 36.4 Å². The van der Waals surface area contributed by atoms with Crippen LogP contribution in [-0.4, -0.2) is 50.0 Å². The molecule has 0 saturated heterocycles. The zero-order valence-corrected chi connectivity index (χ0v) is 22.7. The van der Waals surface area contributed by atoms with Crippen LogP contribution in [0, 0.1) is 11.8 Å². The quantitative estimate of drug-likeness (QED) is 0.264. The Morgan fingerprint density at radius 2 is 1.70 bits per heavy atom. The molecule has 0 radical (unpaired) electrons. The number of primary amides is 1. The van der Waals surface area contributed by atoms with Gasteiger partial charge in [-0.05, 0) is 90.9 Å². The van der Waals surface area contributed by atoms with Crippen LogP contribution in [0.25, 0.3) is 22.5 Å². The molecular weight excluding hydrogens is 528 g/mol. The summed E-state index contributed by atoms with van der Waals surface area (Å²) in [6.07, 6.45) is 5.12. The van der Waals surface area contributed by atoms with Crippen molar-refractivity contribution in [3.63, 3.8) is 0 Å². The Morgan fingerprint density at radius 1 is 1.00 bits per heavy atom. The number of aromatic nitrogens is 5. The number of nitrogens with zero attached hydrogens (tertiary/aromatic N) is 5. The molecule has 5 N–H and O–H groups in total. The second kappa shape index (κ2) is 12.4. The number of aromatic amines is 1. The molecular formula is C29H31ClN8O2. The minimum absolute atomic E-state index is 0.106. The molecule has 2 aromatic heterocycles. The number of halogens is 1. The number of carbonyl (C=O) groups is 2. The molecule has 206 valence electrons. The summed E-state index contributed by atoms with van der Waals surface area (Å²) in [5.74, 6) is -0.0390. The third-order valence-electron chi connectivity index (χ3n) is 7.61. The van der Waals surface area contributed by atoms with Crippen LogP contribution < -0.4 is 16.4 Å².